The molecule has 96 valence electrons. The predicted octanol–water partition coefficient (Wildman–Crippen LogP) is -1.36. The first-order valence-corrected chi connectivity index (χ1v) is 5.81. The summed E-state index contributed by atoms with van der Waals surface area (Å²) in [5, 5.41) is 12.9. The maximum atomic E-state index is 11.8. The fraction of sp³-hybridized carbons (Fsp3) is 0.455. The molecule has 1 aromatic rings. The van der Waals surface area contributed by atoms with Crippen LogP contribution in [0.3, 0.4) is 0 Å². The summed E-state index contributed by atoms with van der Waals surface area (Å²) in [6.07, 6.45) is 2.80. The van der Waals surface area contributed by atoms with E-state index in [4.69, 9.17) is 0 Å². The second-order valence-electron chi connectivity index (χ2n) is 3.94. The van der Waals surface area contributed by atoms with E-state index >= 15 is 0 Å². The Morgan fingerprint density at radius 1 is 1.33 bits per heavy atom. The highest BCUT2D eigenvalue weighted by Crippen LogP contribution is 1.95. The van der Waals surface area contributed by atoms with Gasteiger partial charge in [0.15, 0.2) is 0 Å². The van der Waals surface area contributed by atoms with Gasteiger partial charge in [-0.2, -0.15) is 10.2 Å². The molecule has 1 aliphatic heterocycles. The van der Waals surface area contributed by atoms with Crippen LogP contribution in [0, 0.1) is 0 Å². The number of amides is 2. The lowest BCUT2D eigenvalue weighted by Gasteiger charge is -2.27. The van der Waals surface area contributed by atoms with Crippen LogP contribution in [0.25, 0.3) is 0 Å². The fourth-order valence-corrected chi connectivity index (χ4v) is 1.71. The van der Waals surface area contributed by atoms with Gasteiger partial charge in [0.05, 0.1) is 24.5 Å². The number of hydrogen-bond donors (Lipinski definition) is 2. The molecule has 1 aromatic heterocycles. The first-order valence-electron chi connectivity index (χ1n) is 5.81. The van der Waals surface area contributed by atoms with Crippen LogP contribution < -0.4 is 10.6 Å². The zero-order valence-electron chi connectivity index (χ0n) is 9.93. The molecule has 0 aromatic carbocycles. The van der Waals surface area contributed by atoms with Gasteiger partial charge in [-0.3, -0.25) is 9.59 Å². The Balaban J connectivity index is 1.80. The highest BCUT2D eigenvalue weighted by Gasteiger charge is 2.16. The molecule has 7 heteroatoms. The number of hydrogen-bond acceptors (Lipinski definition) is 5. The van der Waals surface area contributed by atoms with Gasteiger partial charge in [-0.05, 0) is 6.07 Å². The van der Waals surface area contributed by atoms with Crippen LogP contribution in [0.1, 0.15) is 10.4 Å². The smallest absolute Gasteiger partial charge is 0.253 e. The molecule has 1 fully saturated rings. The van der Waals surface area contributed by atoms with E-state index in [2.05, 4.69) is 20.8 Å². The lowest BCUT2D eigenvalue weighted by Crippen LogP contribution is -2.49. The predicted molar refractivity (Wildman–Crippen MR) is 63.8 cm³/mol. The van der Waals surface area contributed by atoms with Crippen molar-refractivity contribution < 1.29 is 9.59 Å². The van der Waals surface area contributed by atoms with Crippen LogP contribution in [0.5, 0.6) is 0 Å². The van der Waals surface area contributed by atoms with Crippen molar-refractivity contribution in [3.05, 3.63) is 24.0 Å². The molecular formula is C11H15N5O2. The minimum atomic E-state index is -0.312. The van der Waals surface area contributed by atoms with Crippen LogP contribution in [0.4, 0.5) is 0 Å². The average molecular weight is 249 g/mol. The van der Waals surface area contributed by atoms with Gasteiger partial charge in [-0.25, -0.2) is 0 Å². The Morgan fingerprint density at radius 3 is 2.78 bits per heavy atom. The first kappa shape index (κ1) is 12.4. The largest absolute Gasteiger partial charge is 0.343 e. The molecule has 0 aliphatic carbocycles. The Hall–Kier alpha value is -2.02. The lowest BCUT2D eigenvalue weighted by atomic mass is 10.3. The van der Waals surface area contributed by atoms with Gasteiger partial charge >= 0.3 is 0 Å². The van der Waals surface area contributed by atoms with Crippen molar-refractivity contribution in [2.75, 3.05) is 32.7 Å². The molecular weight excluding hydrogens is 234 g/mol. The number of nitrogens with one attached hydrogen (secondary N) is 2. The molecule has 0 spiro atoms. The number of carbonyl (C=O) groups excluding carboxylic acids is 2. The molecule has 0 saturated carbocycles. The van der Waals surface area contributed by atoms with Crippen molar-refractivity contribution >= 4 is 11.8 Å². The van der Waals surface area contributed by atoms with E-state index in [0.29, 0.717) is 18.7 Å². The topological polar surface area (TPSA) is 87.2 Å². The second kappa shape index (κ2) is 6.06. The van der Waals surface area contributed by atoms with Gasteiger partial charge in [-0.15, -0.1) is 0 Å². The zero-order chi connectivity index (χ0) is 12.8. The van der Waals surface area contributed by atoms with E-state index in [0.717, 1.165) is 13.1 Å². The SMILES string of the molecule is O=C(NCC(=O)N1CCNCC1)c1ccnnc1. The van der Waals surface area contributed by atoms with E-state index in [9.17, 15) is 9.59 Å². The molecule has 0 unspecified atom stereocenters. The molecule has 0 atom stereocenters. The third kappa shape index (κ3) is 3.24. The van der Waals surface area contributed by atoms with E-state index in [1.807, 2.05) is 0 Å². The summed E-state index contributed by atoms with van der Waals surface area (Å²) < 4.78 is 0. The number of aromatic nitrogens is 2. The van der Waals surface area contributed by atoms with E-state index in [-0.39, 0.29) is 18.4 Å². The van der Waals surface area contributed by atoms with Crippen molar-refractivity contribution in [1.82, 2.24) is 25.7 Å². The first-order chi connectivity index (χ1) is 8.77. The normalized spacial score (nSPS) is 15.2. The van der Waals surface area contributed by atoms with Crippen molar-refractivity contribution in [3.8, 4) is 0 Å². The second-order valence-corrected chi connectivity index (χ2v) is 3.94. The monoisotopic (exact) mass is 249 g/mol. The van der Waals surface area contributed by atoms with Gasteiger partial charge < -0.3 is 15.5 Å². The van der Waals surface area contributed by atoms with Crippen LogP contribution >= 0.6 is 0 Å². The van der Waals surface area contributed by atoms with Gasteiger partial charge in [0.25, 0.3) is 5.91 Å². The third-order valence-electron chi connectivity index (χ3n) is 2.72. The average Bonchev–Trinajstić information content (AvgIpc) is 2.46. The lowest BCUT2D eigenvalue weighted by molar-refractivity contribution is -0.130. The summed E-state index contributed by atoms with van der Waals surface area (Å²) in [5.74, 6) is -0.375. The van der Waals surface area contributed by atoms with Gasteiger partial charge in [0.1, 0.15) is 0 Å². The number of nitrogens with zero attached hydrogens (tertiary/aromatic N) is 3. The number of piperazine rings is 1. The Kier molecular flexibility index (Phi) is 4.19. The Labute approximate surface area is 105 Å². The van der Waals surface area contributed by atoms with E-state index < -0.39 is 0 Å². The maximum Gasteiger partial charge on any atom is 0.253 e. The Morgan fingerprint density at radius 2 is 2.11 bits per heavy atom. The van der Waals surface area contributed by atoms with E-state index in [1.54, 1.807) is 11.0 Å². The minimum Gasteiger partial charge on any atom is -0.343 e. The Bertz CT molecular complexity index is 417. The molecule has 1 aliphatic rings. The van der Waals surface area contributed by atoms with E-state index in [1.165, 1.54) is 12.4 Å². The molecule has 7 nitrogen and oxygen atoms in total. The third-order valence-corrected chi connectivity index (χ3v) is 2.72. The number of carbonyl (C=O) groups is 2. The summed E-state index contributed by atoms with van der Waals surface area (Å²) in [6.45, 7) is 2.99. The van der Waals surface area contributed by atoms with Crippen LogP contribution in [-0.4, -0.2) is 59.6 Å². The molecule has 2 amide bonds. The molecule has 2 N–H and O–H groups in total. The molecule has 0 bridgehead atoms. The van der Waals surface area contributed by atoms with Crippen LogP contribution in [0.2, 0.25) is 0 Å². The maximum absolute atomic E-state index is 11.8. The standard InChI is InChI=1S/C11H15N5O2/c17-10(16-5-3-12-4-6-16)8-13-11(18)9-1-2-14-15-7-9/h1-2,7,12H,3-6,8H2,(H,13,18). The quantitative estimate of drug-likeness (QED) is 0.690. The minimum absolute atomic E-state index is 0.0150. The summed E-state index contributed by atoms with van der Waals surface area (Å²) in [5.41, 5.74) is 0.401. The van der Waals surface area contributed by atoms with Gasteiger partial charge in [0, 0.05) is 26.2 Å². The van der Waals surface area contributed by atoms with Crippen molar-refractivity contribution in [2.24, 2.45) is 0 Å². The molecule has 2 heterocycles. The summed E-state index contributed by atoms with van der Waals surface area (Å²) in [7, 11) is 0. The van der Waals surface area contributed by atoms with Crippen molar-refractivity contribution in [3.63, 3.8) is 0 Å². The molecule has 0 radical (unpaired) electrons. The summed E-state index contributed by atoms with van der Waals surface area (Å²) >= 11 is 0. The van der Waals surface area contributed by atoms with Crippen molar-refractivity contribution in [2.45, 2.75) is 0 Å². The van der Waals surface area contributed by atoms with Gasteiger partial charge in [0.2, 0.25) is 5.91 Å². The summed E-state index contributed by atoms with van der Waals surface area (Å²) in [4.78, 5) is 25.2. The zero-order valence-corrected chi connectivity index (χ0v) is 9.93. The number of rotatable bonds is 3. The van der Waals surface area contributed by atoms with Crippen LogP contribution in [0.15, 0.2) is 18.5 Å². The van der Waals surface area contributed by atoms with Crippen molar-refractivity contribution in [1.29, 1.82) is 0 Å². The summed E-state index contributed by atoms with van der Waals surface area (Å²) in [6, 6.07) is 1.55. The fourth-order valence-electron chi connectivity index (χ4n) is 1.71. The molecule has 18 heavy (non-hydrogen) atoms. The van der Waals surface area contributed by atoms with Gasteiger partial charge in [-0.1, -0.05) is 0 Å². The highest BCUT2D eigenvalue weighted by atomic mass is 16.2. The van der Waals surface area contributed by atoms with Crippen LogP contribution in [-0.2, 0) is 4.79 Å². The molecule has 2 rings (SSSR count). The molecule has 1 saturated heterocycles. The highest BCUT2D eigenvalue weighted by molar-refractivity contribution is 5.96.